The first kappa shape index (κ1) is 22.7. The van der Waals surface area contributed by atoms with E-state index in [1.54, 1.807) is 24.8 Å². The Balaban J connectivity index is 1.41. The highest BCUT2D eigenvalue weighted by molar-refractivity contribution is 5.97. The van der Waals surface area contributed by atoms with Crippen LogP contribution >= 0.6 is 0 Å². The first-order chi connectivity index (χ1) is 18.0. The first-order valence-corrected chi connectivity index (χ1v) is 11.8. The van der Waals surface area contributed by atoms with Crippen molar-refractivity contribution in [1.82, 2.24) is 40.0 Å². The Hall–Kier alpha value is -4.70. The Morgan fingerprint density at radius 1 is 0.973 bits per heavy atom. The highest BCUT2D eigenvalue weighted by Gasteiger charge is 2.17. The summed E-state index contributed by atoms with van der Waals surface area (Å²) in [4.78, 5) is 23.2. The third kappa shape index (κ3) is 4.50. The van der Waals surface area contributed by atoms with Gasteiger partial charge in [0.2, 0.25) is 0 Å². The molecule has 0 radical (unpaired) electrons. The van der Waals surface area contributed by atoms with E-state index in [0.29, 0.717) is 29.2 Å². The molecule has 0 aliphatic heterocycles. The second kappa shape index (κ2) is 9.40. The van der Waals surface area contributed by atoms with Gasteiger partial charge in [-0.05, 0) is 56.1 Å². The standard InChI is InChI=1S/C27H24FN9/c1-37(2)10-9-30-19-12-17(11-18(28)14-19)20-5-6-32-26-24(20)33-27(34-26)25-21-13-16(3-4-22(21)35-36-25)23-15-29-7-8-31-23/h3-8,11-15,30H,9-10H2,1-2H3,(H,35,36)(H,32,33,34). The fraction of sp³-hybridized carbons (Fsp3) is 0.148. The fourth-order valence-electron chi connectivity index (χ4n) is 4.34. The van der Waals surface area contributed by atoms with Crippen molar-refractivity contribution in [2.24, 2.45) is 0 Å². The van der Waals surface area contributed by atoms with Crippen molar-refractivity contribution in [3.05, 3.63) is 73.1 Å². The molecule has 0 atom stereocenters. The van der Waals surface area contributed by atoms with Gasteiger partial charge in [-0.25, -0.2) is 14.4 Å². The van der Waals surface area contributed by atoms with Crippen molar-refractivity contribution in [3.63, 3.8) is 0 Å². The van der Waals surface area contributed by atoms with Crippen LogP contribution in [-0.4, -0.2) is 67.2 Å². The molecule has 0 saturated carbocycles. The van der Waals surface area contributed by atoms with E-state index in [4.69, 9.17) is 4.98 Å². The predicted octanol–water partition coefficient (Wildman–Crippen LogP) is 4.74. The molecule has 0 amide bonds. The topological polar surface area (TPSA) is 111 Å². The molecule has 2 aromatic carbocycles. The summed E-state index contributed by atoms with van der Waals surface area (Å²) < 4.78 is 14.6. The van der Waals surface area contributed by atoms with Crippen LogP contribution < -0.4 is 5.32 Å². The number of anilines is 1. The van der Waals surface area contributed by atoms with Gasteiger partial charge in [-0.15, -0.1) is 0 Å². The Labute approximate surface area is 211 Å². The minimum Gasteiger partial charge on any atom is -0.384 e. The van der Waals surface area contributed by atoms with Crippen LogP contribution in [0.5, 0.6) is 0 Å². The van der Waals surface area contributed by atoms with Crippen molar-refractivity contribution in [2.75, 3.05) is 32.5 Å². The van der Waals surface area contributed by atoms with Crippen LogP contribution in [0.4, 0.5) is 10.1 Å². The lowest BCUT2D eigenvalue weighted by molar-refractivity contribution is 0.425. The Morgan fingerprint density at radius 2 is 1.89 bits per heavy atom. The molecule has 6 rings (SSSR count). The number of nitrogens with zero attached hydrogens (tertiary/aromatic N) is 6. The van der Waals surface area contributed by atoms with E-state index in [-0.39, 0.29) is 5.82 Å². The number of aromatic nitrogens is 7. The average Bonchev–Trinajstić information content (AvgIpc) is 3.52. The molecular weight excluding hydrogens is 469 g/mol. The molecule has 9 nitrogen and oxygen atoms in total. The van der Waals surface area contributed by atoms with Crippen LogP contribution in [0, 0.1) is 5.82 Å². The van der Waals surface area contributed by atoms with E-state index in [1.165, 1.54) is 12.1 Å². The molecule has 6 aromatic rings. The van der Waals surface area contributed by atoms with Gasteiger partial charge in [0.05, 0.1) is 22.9 Å². The number of aromatic amines is 2. The molecule has 0 spiro atoms. The minimum absolute atomic E-state index is 0.315. The fourth-order valence-corrected chi connectivity index (χ4v) is 4.34. The molecule has 0 aliphatic carbocycles. The number of nitrogens with one attached hydrogen (secondary N) is 3. The molecule has 184 valence electrons. The average molecular weight is 494 g/mol. The zero-order chi connectivity index (χ0) is 25.4. The van der Waals surface area contributed by atoms with Gasteiger partial charge >= 0.3 is 0 Å². The van der Waals surface area contributed by atoms with E-state index in [2.05, 4.69) is 40.3 Å². The van der Waals surface area contributed by atoms with Crippen molar-refractivity contribution < 1.29 is 4.39 Å². The number of fused-ring (bicyclic) bond motifs is 2. The van der Waals surface area contributed by atoms with Crippen LogP contribution in [0.2, 0.25) is 0 Å². The summed E-state index contributed by atoms with van der Waals surface area (Å²) in [6.07, 6.45) is 6.71. The van der Waals surface area contributed by atoms with Crippen LogP contribution in [0.15, 0.2) is 67.3 Å². The number of hydrogen-bond donors (Lipinski definition) is 3. The van der Waals surface area contributed by atoms with Gasteiger partial charge in [-0.2, -0.15) is 5.10 Å². The van der Waals surface area contributed by atoms with Gasteiger partial charge in [0.25, 0.3) is 0 Å². The highest BCUT2D eigenvalue weighted by atomic mass is 19.1. The van der Waals surface area contributed by atoms with Crippen LogP contribution in [0.1, 0.15) is 0 Å². The zero-order valence-electron chi connectivity index (χ0n) is 20.3. The summed E-state index contributed by atoms with van der Waals surface area (Å²) in [5.41, 5.74) is 6.72. The van der Waals surface area contributed by atoms with Crippen LogP contribution in [-0.2, 0) is 0 Å². The second-order valence-electron chi connectivity index (χ2n) is 9.02. The number of likely N-dealkylation sites (N-methyl/N-ethyl adjacent to an activating group) is 1. The molecule has 10 heteroatoms. The van der Waals surface area contributed by atoms with Gasteiger partial charge in [-0.1, -0.05) is 6.07 Å². The number of benzene rings is 2. The smallest absolute Gasteiger partial charge is 0.178 e. The summed E-state index contributed by atoms with van der Waals surface area (Å²) in [6, 6.07) is 12.8. The number of rotatable bonds is 7. The SMILES string of the molecule is CN(C)CCNc1cc(F)cc(-c2ccnc3nc(-c4n[nH]c5ccc(-c6cnccn6)cc45)[nH]c23)c1. The molecule has 4 heterocycles. The van der Waals surface area contributed by atoms with E-state index in [0.717, 1.165) is 45.5 Å². The third-order valence-corrected chi connectivity index (χ3v) is 6.14. The summed E-state index contributed by atoms with van der Waals surface area (Å²) in [5.74, 6) is 0.252. The molecule has 0 bridgehead atoms. The quantitative estimate of drug-likeness (QED) is 0.295. The normalized spacial score (nSPS) is 11.6. The number of pyridine rings is 1. The lowest BCUT2D eigenvalue weighted by Crippen LogP contribution is -2.20. The van der Waals surface area contributed by atoms with E-state index in [1.807, 2.05) is 44.4 Å². The lowest BCUT2D eigenvalue weighted by atomic mass is 10.0. The van der Waals surface area contributed by atoms with Gasteiger partial charge in [0.1, 0.15) is 11.5 Å². The monoisotopic (exact) mass is 493 g/mol. The van der Waals surface area contributed by atoms with Crippen molar-refractivity contribution in [1.29, 1.82) is 0 Å². The summed E-state index contributed by atoms with van der Waals surface area (Å²) in [7, 11) is 4.00. The van der Waals surface area contributed by atoms with E-state index in [9.17, 15) is 4.39 Å². The van der Waals surface area contributed by atoms with E-state index >= 15 is 0 Å². The largest absolute Gasteiger partial charge is 0.384 e. The Morgan fingerprint density at radius 3 is 2.73 bits per heavy atom. The number of imidazole rings is 1. The summed E-state index contributed by atoms with van der Waals surface area (Å²) in [5, 5.41) is 11.8. The molecule has 0 aliphatic rings. The van der Waals surface area contributed by atoms with Gasteiger partial charge in [0, 0.05) is 53.9 Å². The van der Waals surface area contributed by atoms with Gasteiger partial charge in [0.15, 0.2) is 11.5 Å². The third-order valence-electron chi connectivity index (χ3n) is 6.14. The van der Waals surface area contributed by atoms with Crippen molar-refractivity contribution in [3.8, 4) is 33.9 Å². The second-order valence-corrected chi connectivity index (χ2v) is 9.02. The summed E-state index contributed by atoms with van der Waals surface area (Å²) in [6.45, 7) is 1.55. The molecule has 4 aromatic heterocycles. The van der Waals surface area contributed by atoms with Crippen LogP contribution in [0.3, 0.4) is 0 Å². The zero-order valence-corrected chi connectivity index (χ0v) is 20.3. The van der Waals surface area contributed by atoms with Gasteiger partial charge < -0.3 is 15.2 Å². The molecular formula is C27H24FN9. The first-order valence-electron chi connectivity index (χ1n) is 11.8. The Bertz CT molecular complexity index is 1710. The molecule has 3 N–H and O–H groups in total. The van der Waals surface area contributed by atoms with E-state index < -0.39 is 0 Å². The molecule has 0 unspecified atom stereocenters. The molecule has 0 fully saturated rings. The Kier molecular flexibility index (Phi) is 5.78. The van der Waals surface area contributed by atoms with Crippen molar-refractivity contribution >= 4 is 27.8 Å². The number of halogens is 1. The summed E-state index contributed by atoms with van der Waals surface area (Å²) >= 11 is 0. The van der Waals surface area contributed by atoms with Crippen molar-refractivity contribution in [2.45, 2.75) is 0 Å². The minimum atomic E-state index is -0.315. The molecule has 0 saturated heterocycles. The van der Waals surface area contributed by atoms with Gasteiger partial charge in [-0.3, -0.25) is 15.1 Å². The van der Waals surface area contributed by atoms with Crippen LogP contribution in [0.25, 0.3) is 56.0 Å². The molecule has 37 heavy (non-hydrogen) atoms. The maximum absolute atomic E-state index is 14.6. The highest BCUT2D eigenvalue weighted by Crippen LogP contribution is 2.33. The lowest BCUT2D eigenvalue weighted by Gasteiger charge is -2.13. The maximum atomic E-state index is 14.6. The predicted molar refractivity (Wildman–Crippen MR) is 142 cm³/mol. The number of H-pyrrole nitrogens is 2. The maximum Gasteiger partial charge on any atom is 0.178 e. The number of hydrogen-bond acceptors (Lipinski definition) is 7.